The number of aliphatic hydroxyl groups excluding tert-OH is 1. The zero-order valence-electron chi connectivity index (χ0n) is 10.3. The van der Waals surface area contributed by atoms with Gasteiger partial charge in [0.25, 0.3) is 5.91 Å². The number of aliphatic hydroxyl groups is 1. The lowest BCUT2D eigenvalue weighted by atomic mass is 10.3. The molecule has 1 rings (SSSR count). The lowest BCUT2D eigenvalue weighted by molar-refractivity contribution is -0.140. The number of ether oxygens (including phenoxy) is 1. The summed E-state index contributed by atoms with van der Waals surface area (Å²) < 4.78 is 4.55. The molecular formula is C12H17NO4S. The van der Waals surface area contributed by atoms with E-state index < -0.39 is 0 Å². The van der Waals surface area contributed by atoms with Crippen LogP contribution in [-0.4, -0.2) is 48.7 Å². The van der Waals surface area contributed by atoms with E-state index in [0.29, 0.717) is 24.4 Å². The van der Waals surface area contributed by atoms with Crippen molar-refractivity contribution in [1.29, 1.82) is 0 Å². The highest BCUT2D eigenvalue weighted by atomic mass is 32.1. The molecule has 5 nitrogen and oxygen atoms in total. The highest BCUT2D eigenvalue weighted by Gasteiger charge is 2.17. The summed E-state index contributed by atoms with van der Waals surface area (Å²) in [5, 5.41) is 10.7. The van der Waals surface area contributed by atoms with Crippen molar-refractivity contribution in [2.24, 2.45) is 0 Å². The number of nitrogens with zero attached hydrogens (tertiary/aromatic N) is 1. The quantitative estimate of drug-likeness (QED) is 0.755. The van der Waals surface area contributed by atoms with Crippen molar-refractivity contribution in [1.82, 2.24) is 4.90 Å². The number of methoxy groups -OCH3 is 1. The van der Waals surface area contributed by atoms with Crippen molar-refractivity contribution in [3.8, 4) is 0 Å². The molecule has 0 aliphatic carbocycles. The fourth-order valence-electron chi connectivity index (χ4n) is 1.46. The summed E-state index contributed by atoms with van der Waals surface area (Å²) in [6.45, 7) is 0.764. The van der Waals surface area contributed by atoms with E-state index in [1.807, 2.05) is 11.4 Å². The molecule has 0 unspecified atom stereocenters. The lowest BCUT2D eigenvalue weighted by Gasteiger charge is -2.21. The predicted octanol–water partition coefficient (Wildman–Crippen LogP) is 1.14. The van der Waals surface area contributed by atoms with Crippen LogP contribution in [0, 0.1) is 0 Å². The molecule has 0 radical (unpaired) electrons. The number of hydrogen-bond donors (Lipinski definition) is 1. The minimum atomic E-state index is -0.344. The van der Waals surface area contributed by atoms with Gasteiger partial charge in [-0.15, -0.1) is 11.3 Å². The number of hydrogen-bond acceptors (Lipinski definition) is 5. The van der Waals surface area contributed by atoms with Crippen molar-refractivity contribution in [2.75, 3.05) is 26.8 Å². The van der Waals surface area contributed by atoms with Crippen LogP contribution in [0.5, 0.6) is 0 Å². The van der Waals surface area contributed by atoms with Crippen molar-refractivity contribution < 1.29 is 19.4 Å². The molecule has 1 N–H and O–H groups in total. The average molecular weight is 271 g/mol. The summed E-state index contributed by atoms with van der Waals surface area (Å²) in [5.74, 6) is -0.453. The normalized spacial score (nSPS) is 10.1. The van der Waals surface area contributed by atoms with Crippen LogP contribution >= 0.6 is 11.3 Å². The van der Waals surface area contributed by atoms with Gasteiger partial charge in [-0.1, -0.05) is 6.07 Å². The molecule has 100 valence electrons. The maximum Gasteiger partial charge on any atom is 0.307 e. The van der Waals surface area contributed by atoms with Gasteiger partial charge in [-0.2, -0.15) is 0 Å². The Morgan fingerprint density at radius 3 is 2.78 bits per heavy atom. The third-order valence-electron chi connectivity index (χ3n) is 2.42. The summed E-state index contributed by atoms with van der Waals surface area (Å²) in [6.07, 6.45) is 0.664. The summed E-state index contributed by atoms with van der Waals surface area (Å²) in [4.78, 5) is 25.4. The van der Waals surface area contributed by atoms with Gasteiger partial charge >= 0.3 is 5.97 Å². The number of carbonyl (C=O) groups is 2. The first kappa shape index (κ1) is 14.7. The molecule has 0 saturated carbocycles. The second-order valence-electron chi connectivity index (χ2n) is 3.67. The molecule has 0 aliphatic rings. The molecule has 0 bridgehead atoms. The minimum Gasteiger partial charge on any atom is -0.469 e. The van der Waals surface area contributed by atoms with Gasteiger partial charge < -0.3 is 14.7 Å². The van der Waals surface area contributed by atoms with Crippen molar-refractivity contribution in [3.63, 3.8) is 0 Å². The Morgan fingerprint density at radius 2 is 2.22 bits per heavy atom. The van der Waals surface area contributed by atoms with E-state index in [1.165, 1.54) is 18.4 Å². The largest absolute Gasteiger partial charge is 0.469 e. The van der Waals surface area contributed by atoms with Gasteiger partial charge in [0, 0.05) is 19.7 Å². The minimum absolute atomic E-state index is 0.0203. The Bertz CT molecular complexity index is 377. The first-order valence-electron chi connectivity index (χ1n) is 5.69. The Morgan fingerprint density at radius 1 is 1.44 bits per heavy atom. The Labute approximate surface area is 110 Å². The van der Waals surface area contributed by atoms with Gasteiger partial charge in [-0.25, -0.2) is 0 Å². The molecule has 1 aromatic heterocycles. The number of esters is 1. The van der Waals surface area contributed by atoms with Gasteiger partial charge in [0.1, 0.15) is 0 Å². The number of rotatable bonds is 7. The summed E-state index contributed by atoms with van der Waals surface area (Å²) >= 11 is 1.36. The summed E-state index contributed by atoms with van der Waals surface area (Å²) in [7, 11) is 1.32. The number of amides is 1. The van der Waals surface area contributed by atoms with E-state index in [1.54, 1.807) is 11.0 Å². The van der Waals surface area contributed by atoms with Crippen molar-refractivity contribution in [2.45, 2.75) is 12.8 Å². The van der Waals surface area contributed by atoms with Crippen LogP contribution in [0.25, 0.3) is 0 Å². The van der Waals surface area contributed by atoms with Gasteiger partial charge in [0.05, 0.1) is 18.4 Å². The Balaban J connectivity index is 2.59. The summed E-state index contributed by atoms with van der Waals surface area (Å²) in [6, 6.07) is 3.56. The van der Waals surface area contributed by atoms with Crippen LogP contribution in [0.4, 0.5) is 0 Å². The van der Waals surface area contributed by atoms with E-state index in [2.05, 4.69) is 4.74 Å². The summed E-state index contributed by atoms with van der Waals surface area (Å²) in [5.41, 5.74) is 0. The first-order valence-corrected chi connectivity index (χ1v) is 6.57. The van der Waals surface area contributed by atoms with E-state index in [-0.39, 0.29) is 24.9 Å². The first-order chi connectivity index (χ1) is 8.69. The van der Waals surface area contributed by atoms with Crippen LogP contribution < -0.4 is 0 Å². The molecular weight excluding hydrogens is 254 g/mol. The van der Waals surface area contributed by atoms with E-state index in [0.717, 1.165) is 0 Å². The maximum atomic E-state index is 12.1. The zero-order valence-corrected chi connectivity index (χ0v) is 11.1. The van der Waals surface area contributed by atoms with E-state index >= 15 is 0 Å². The molecule has 0 spiro atoms. The molecule has 0 aromatic carbocycles. The monoisotopic (exact) mass is 271 g/mol. The Hall–Kier alpha value is -1.40. The third kappa shape index (κ3) is 4.46. The molecule has 18 heavy (non-hydrogen) atoms. The third-order valence-corrected chi connectivity index (χ3v) is 3.28. The van der Waals surface area contributed by atoms with Crippen LogP contribution in [0.1, 0.15) is 22.5 Å². The Kier molecular flexibility index (Phi) is 6.38. The topological polar surface area (TPSA) is 66.8 Å². The molecule has 1 aromatic rings. The second-order valence-corrected chi connectivity index (χ2v) is 4.62. The van der Waals surface area contributed by atoms with E-state index in [4.69, 9.17) is 5.11 Å². The lowest BCUT2D eigenvalue weighted by Crippen LogP contribution is -2.34. The van der Waals surface area contributed by atoms with Crippen molar-refractivity contribution in [3.05, 3.63) is 22.4 Å². The smallest absolute Gasteiger partial charge is 0.307 e. The van der Waals surface area contributed by atoms with E-state index in [9.17, 15) is 9.59 Å². The zero-order chi connectivity index (χ0) is 13.4. The molecule has 6 heteroatoms. The van der Waals surface area contributed by atoms with Gasteiger partial charge in [-0.05, 0) is 17.9 Å². The van der Waals surface area contributed by atoms with Crippen LogP contribution in [-0.2, 0) is 9.53 Å². The molecule has 0 fully saturated rings. The van der Waals surface area contributed by atoms with Crippen LogP contribution in [0.3, 0.4) is 0 Å². The average Bonchev–Trinajstić information content (AvgIpc) is 2.91. The highest BCUT2D eigenvalue weighted by Crippen LogP contribution is 2.12. The SMILES string of the molecule is COC(=O)CCN(CCCO)C(=O)c1cccs1. The molecule has 0 aliphatic heterocycles. The van der Waals surface area contributed by atoms with Crippen LogP contribution in [0.2, 0.25) is 0 Å². The highest BCUT2D eigenvalue weighted by molar-refractivity contribution is 7.12. The fourth-order valence-corrected chi connectivity index (χ4v) is 2.15. The predicted molar refractivity (Wildman–Crippen MR) is 68.6 cm³/mol. The molecule has 0 atom stereocenters. The number of carbonyl (C=O) groups excluding carboxylic acids is 2. The molecule has 0 saturated heterocycles. The standard InChI is InChI=1S/C12H17NO4S/c1-17-11(15)5-7-13(6-3-8-14)12(16)10-4-2-9-18-10/h2,4,9,14H,3,5-8H2,1H3. The van der Waals surface area contributed by atoms with Gasteiger partial charge in [-0.3, -0.25) is 9.59 Å². The fraction of sp³-hybridized carbons (Fsp3) is 0.500. The van der Waals surface area contributed by atoms with Gasteiger partial charge in [0.2, 0.25) is 0 Å². The second kappa shape index (κ2) is 7.84. The molecule has 1 heterocycles. The number of thiophene rings is 1. The van der Waals surface area contributed by atoms with Crippen LogP contribution in [0.15, 0.2) is 17.5 Å². The molecule has 1 amide bonds. The van der Waals surface area contributed by atoms with Crippen molar-refractivity contribution >= 4 is 23.2 Å². The van der Waals surface area contributed by atoms with Gasteiger partial charge in [0.15, 0.2) is 0 Å². The maximum absolute atomic E-state index is 12.1.